The number of nitrogens with one attached hydrogen (secondary N) is 2. The molecule has 0 spiro atoms. The van der Waals surface area contributed by atoms with Crippen molar-refractivity contribution in [3.8, 4) is 0 Å². The number of piperidine rings is 1. The number of guanidine groups is 1. The predicted octanol–water partition coefficient (Wildman–Crippen LogP) is 3.25. The lowest BCUT2D eigenvalue weighted by Crippen LogP contribution is -2.53. The molecule has 1 aromatic rings. The van der Waals surface area contributed by atoms with Gasteiger partial charge in [0.1, 0.15) is 0 Å². The topological polar surface area (TPSA) is 52.1 Å². The lowest BCUT2D eigenvalue weighted by Gasteiger charge is -2.36. The molecule has 1 aromatic heterocycles. The molecule has 0 amide bonds. The number of thiophene rings is 1. The molecule has 29 heavy (non-hydrogen) atoms. The summed E-state index contributed by atoms with van der Waals surface area (Å²) < 4.78 is 5.54. The number of ether oxygens (including phenoxy) is 1. The van der Waals surface area contributed by atoms with Gasteiger partial charge in [0.15, 0.2) is 5.96 Å². The number of hydrogen-bond donors (Lipinski definition) is 2. The molecule has 2 N–H and O–H groups in total. The SMILES string of the molecule is CN=C(NCC(CC(C)C)N1CCOCC1)NC1CCN(c2cccs2)CC1.I. The Morgan fingerprint density at radius 2 is 1.97 bits per heavy atom. The molecule has 2 fully saturated rings. The van der Waals surface area contributed by atoms with Gasteiger partial charge in [0.05, 0.1) is 18.2 Å². The molecule has 3 heterocycles. The summed E-state index contributed by atoms with van der Waals surface area (Å²) in [6, 6.07) is 5.38. The van der Waals surface area contributed by atoms with Crippen molar-refractivity contribution in [1.82, 2.24) is 15.5 Å². The van der Waals surface area contributed by atoms with E-state index in [9.17, 15) is 0 Å². The normalized spacial score (nSPS) is 20.4. The summed E-state index contributed by atoms with van der Waals surface area (Å²) in [5.74, 6) is 1.63. The van der Waals surface area contributed by atoms with Gasteiger partial charge >= 0.3 is 0 Å². The standard InChI is InChI=1S/C21H37N5OS.HI/c1-17(2)15-19(25-10-12-27-13-11-25)16-23-21(22-3)24-18-6-8-26(9-7-18)20-5-4-14-28-20;/h4-5,14,17-19H,6-13,15-16H2,1-3H3,(H2,22,23,24);1H. The number of morpholine rings is 1. The van der Waals surface area contributed by atoms with Crippen molar-refractivity contribution in [3.63, 3.8) is 0 Å². The van der Waals surface area contributed by atoms with Crippen LogP contribution in [0.3, 0.4) is 0 Å². The van der Waals surface area contributed by atoms with Crippen LogP contribution in [0.5, 0.6) is 0 Å². The van der Waals surface area contributed by atoms with Crippen LogP contribution in [0, 0.1) is 5.92 Å². The molecule has 2 aliphatic rings. The number of hydrogen-bond acceptors (Lipinski definition) is 5. The fraction of sp³-hybridized carbons (Fsp3) is 0.762. The molecular weight excluding hydrogens is 497 g/mol. The van der Waals surface area contributed by atoms with E-state index < -0.39 is 0 Å². The average Bonchev–Trinajstić information content (AvgIpc) is 3.26. The van der Waals surface area contributed by atoms with E-state index in [4.69, 9.17) is 4.74 Å². The van der Waals surface area contributed by atoms with Gasteiger partial charge in [0.2, 0.25) is 0 Å². The number of nitrogens with zero attached hydrogens (tertiary/aromatic N) is 3. The first kappa shape index (κ1) is 24.7. The van der Waals surface area contributed by atoms with Crippen molar-refractivity contribution in [3.05, 3.63) is 17.5 Å². The van der Waals surface area contributed by atoms with E-state index in [2.05, 4.69) is 56.8 Å². The maximum atomic E-state index is 5.54. The Kier molecular flexibility index (Phi) is 11.0. The van der Waals surface area contributed by atoms with Crippen LogP contribution in [-0.4, -0.2) is 75.9 Å². The van der Waals surface area contributed by atoms with E-state index in [-0.39, 0.29) is 24.0 Å². The fourth-order valence-electron chi connectivity index (χ4n) is 4.14. The fourth-order valence-corrected chi connectivity index (χ4v) is 4.93. The van der Waals surface area contributed by atoms with Crippen molar-refractivity contribution >= 4 is 46.3 Å². The highest BCUT2D eigenvalue weighted by atomic mass is 127. The maximum absolute atomic E-state index is 5.54. The largest absolute Gasteiger partial charge is 0.379 e. The summed E-state index contributed by atoms with van der Waals surface area (Å²) in [5.41, 5.74) is 0. The smallest absolute Gasteiger partial charge is 0.191 e. The van der Waals surface area contributed by atoms with E-state index in [0.717, 1.165) is 64.7 Å². The van der Waals surface area contributed by atoms with Gasteiger partial charge in [-0.1, -0.05) is 13.8 Å². The zero-order valence-corrected chi connectivity index (χ0v) is 21.2. The number of anilines is 1. The van der Waals surface area contributed by atoms with Crippen molar-refractivity contribution in [2.24, 2.45) is 10.9 Å². The van der Waals surface area contributed by atoms with Crippen LogP contribution in [0.15, 0.2) is 22.5 Å². The zero-order chi connectivity index (χ0) is 19.8. The van der Waals surface area contributed by atoms with Crippen LogP contribution in [-0.2, 0) is 4.74 Å². The minimum atomic E-state index is 0. The molecule has 0 saturated carbocycles. The van der Waals surface area contributed by atoms with E-state index >= 15 is 0 Å². The molecule has 0 aromatic carbocycles. The molecule has 1 unspecified atom stereocenters. The summed E-state index contributed by atoms with van der Waals surface area (Å²) in [4.78, 5) is 9.56. The van der Waals surface area contributed by atoms with E-state index in [1.807, 2.05) is 18.4 Å². The molecule has 1 atom stereocenters. The van der Waals surface area contributed by atoms with Gasteiger partial charge < -0.3 is 20.3 Å². The van der Waals surface area contributed by atoms with Crippen LogP contribution in [0.1, 0.15) is 33.1 Å². The molecule has 2 saturated heterocycles. The van der Waals surface area contributed by atoms with Gasteiger partial charge in [-0.25, -0.2) is 0 Å². The van der Waals surface area contributed by atoms with Crippen molar-refractivity contribution < 1.29 is 4.74 Å². The molecule has 0 radical (unpaired) electrons. The third-order valence-electron chi connectivity index (χ3n) is 5.69. The second-order valence-corrected chi connectivity index (χ2v) is 9.17. The van der Waals surface area contributed by atoms with Gasteiger partial charge in [-0.05, 0) is 42.7 Å². The van der Waals surface area contributed by atoms with E-state index in [0.29, 0.717) is 18.0 Å². The highest BCUT2D eigenvalue weighted by Gasteiger charge is 2.24. The highest BCUT2D eigenvalue weighted by molar-refractivity contribution is 14.0. The highest BCUT2D eigenvalue weighted by Crippen LogP contribution is 2.24. The Labute approximate surface area is 197 Å². The van der Waals surface area contributed by atoms with Crippen molar-refractivity contribution in [1.29, 1.82) is 0 Å². The second kappa shape index (κ2) is 13.0. The third kappa shape index (κ3) is 7.88. The van der Waals surface area contributed by atoms with Gasteiger partial charge in [-0.2, -0.15) is 0 Å². The zero-order valence-electron chi connectivity index (χ0n) is 18.1. The number of halogens is 1. The summed E-state index contributed by atoms with van der Waals surface area (Å²) in [7, 11) is 1.88. The molecule has 2 aliphatic heterocycles. The quantitative estimate of drug-likeness (QED) is 0.319. The molecule has 0 aliphatic carbocycles. The number of rotatable bonds is 7. The lowest BCUT2D eigenvalue weighted by molar-refractivity contribution is 0.0132. The van der Waals surface area contributed by atoms with Crippen LogP contribution in [0.4, 0.5) is 5.00 Å². The van der Waals surface area contributed by atoms with Gasteiger partial charge in [-0.3, -0.25) is 9.89 Å². The Morgan fingerprint density at radius 1 is 1.24 bits per heavy atom. The summed E-state index contributed by atoms with van der Waals surface area (Å²) >= 11 is 1.83. The predicted molar refractivity (Wildman–Crippen MR) is 135 cm³/mol. The molecule has 166 valence electrons. The van der Waals surface area contributed by atoms with Crippen LogP contribution in [0.25, 0.3) is 0 Å². The summed E-state index contributed by atoms with van der Waals surface area (Å²) in [6.45, 7) is 11.5. The third-order valence-corrected chi connectivity index (χ3v) is 6.62. The van der Waals surface area contributed by atoms with Crippen LogP contribution >= 0.6 is 35.3 Å². The Hall–Kier alpha value is -0.580. The lowest BCUT2D eigenvalue weighted by atomic mass is 10.0. The maximum Gasteiger partial charge on any atom is 0.191 e. The van der Waals surface area contributed by atoms with Crippen molar-refractivity contribution in [2.75, 3.05) is 57.9 Å². The summed E-state index contributed by atoms with van der Waals surface area (Å²) in [6.07, 6.45) is 3.50. The monoisotopic (exact) mass is 535 g/mol. The molecule has 3 rings (SSSR count). The minimum Gasteiger partial charge on any atom is -0.379 e. The Morgan fingerprint density at radius 3 is 2.55 bits per heavy atom. The van der Waals surface area contributed by atoms with Crippen LogP contribution < -0.4 is 15.5 Å². The van der Waals surface area contributed by atoms with Gasteiger partial charge in [0, 0.05) is 51.9 Å². The Bertz CT molecular complexity index is 584. The van der Waals surface area contributed by atoms with E-state index in [1.54, 1.807) is 0 Å². The summed E-state index contributed by atoms with van der Waals surface area (Å²) in [5, 5.41) is 10.8. The Balaban J connectivity index is 0.00000300. The molecule has 0 bridgehead atoms. The average molecular weight is 536 g/mol. The molecule has 8 heteroatoms. The number of aliphatic imine (C=N–C) groups is 1. The molecular formula is C21H38IN5OS. The first-order chi connectivity index (χ1) is 13.7. The minimum absolute atomic E-state index is 0. The van der Waals surface area contributed by atoms with E-state index in [1.165, 1.54) is 11.4 Å². The molecule has 6 nitrogen and oxygen atoms in total. The van der Waals surface area contributed by atoms with Crippen molar-refractivity contribution in [2.45, 2.75) is 45.2 Å². The van der Waals surface area contributed by atoms with Gasteiger partial charge in [0.25, 0.3) is 0 Å². The first-order valence-electron chi connectivity index (χ1n) is 10.7. The van der Waals surface area contributed by atoms with Crippen LogP contribution in [0.2, 0.25) is 0 Å². The van der Waals surface area contributed by atoms with Gasteiger partial charge in [-0.15, -0.1) is 35.3 Å². The first-order valence-corrected chi connectivity index (χ1v) is 11.6. The second-order valence-electron chi connectivity index (χ2n) is 8.24.